The number of carbonyl (C=O) groups is 1. The van der Waals surface area contributed by atoms with Crippen LogP contribution in [0.5, 0.6) is 0 Å². The summed E-state index contributed by atoms with van der Waals surface area (Å²) in [6.07, 6.45) is 10.8. The molecule has 8 heteroatoms. The fraction of sp³-hybridized carbons (Fsp3) is 0.440. The van der Waals surface area contributed by atoms with Crippen molar-refractivity contribution >= 4 is 5.91 Å². The van der Waals surface area contributed by atoms with Crippen molar-refractivity contribution in [1.82, 2.24) is 29.3 Å². The summed E-state index contributed by atoms with van der Waals surface area (Å²) in [6, 6.07) is 10.4. The lowest BCUT2D eigenvalue weighted by Gasteiger charge is -2.38. The van der Waals surface area contributed by atoms with Crippen molar-refractivity contribution in [3.63, 3.8) is 0 Å². The number of hydrogen-bond acceptors (Lipinski definition) is 6. The monoisotopic (exact) mass is 446 g/mol. The first-order valence-corrected chi connectivity index (χ1v) is 11.5. The highest BCUT2D eigenvalue weighted by Gasteiger charge is 2.51. The first-order chi connectivity index (χ1) is 16.1. The molecule has 1 spiro atoms. The Morgan fingerprint density at radius 1 is 1.15 bits per heavy atom. The number of rotatable bonds is 6. The van der Waals surface area contributed by atoms with E-state index in [1.807, 2.05) is 17.8 Å². The first kappa shape index (κ1) is 21.7. The average Bonchev–Trinajstić information content (AvgIpc) is 3.49. The van der Waals surface area contributed by atoms with E-state index in [0.717, 1.165) is 51.4 Å². The van der Waals surface area contributed by atoms with E-state index >= 15 is 0 Å². The predicted molar refractivity (Wildman–Crippen MR) is 123 cm³/mol. The van der Waals surface area contributed by atoms with Crippen LogP contribution in [0.15, 0.2) is 61.4 Å². The third-order valence-corrected chi connectivity index (χ3v) is 7.02. The van der Waals surface area contributed by atoms with Gasteiger partial charge < -0.3 is 14.2 Å². The van der Waals surface area contributed by atoms with Crippen molar-refractivity contribution in [3.8, 4) is 5.69 Å². The number of carbonyl (C=O) groups excluding carboxylic acids is 1. The average molecular weight is 447 g/mol. The van der Waals surface area contributed by atoms with E-state index in [0.29, 0.717) is 12.4 Å². The number of likely N-dealkylation sites (tertiary alicyclic amines) is 1. The number of amides is 1. The zero-order chi connectivity index (χ0) is 22.7. The van der Waals surface area contributed by atoms with Gasteiger partial charge in [0.1, 0.15) is 5.82 Å². The van der Waals surface area contributed by atoms with Crippen LogP contribution >= 0.6 is 0 Å². The number of imidazole rings is 1. The molecule has 0 saturated carbocycles. The molecule has 4 heterocycles. The van der Waals surface area contributed by atoms with Crippen LogP contribution in [-0.4, -0.2) is 68.6 Å². The molecule has 33 heavy (non-hydrogen) atoms. The second-order valence-corrected chi connectivity index (χ2v) is 9.19. The zero-order valence-corrected chi connectivity index (χ0v) is 19.0. The Labute approximate surface area is 194 Å². The third-order valence-electron chi connectivity index (χ3n) is 7.02. The second-order valence-electron chi connectivity index (χ2n) is 9.19. The number of aromatic nitrogens is 4. The van der Waals surface area contributed by atoms with Crippen LogP contribution in [0.3, 0.4) is 0 Å². The second kappa shape index (κ2) is 9.41. The van der Waals surface area contributed by atoms with Crippen LogP contribution in [0.25, 0.3) is 5.69 Å². The fourth-order valence-electron chi connectivity index (χ4n) is 5.23. The van der Waals surface area contributed by atoms with Gasteiger partial charge in [0.25, 0.3) is 0 Å². The topological polar surface area (TPSA) is 76.4 Å². The van der Waals surface area contributed by atoms with Crippen LogP contribution in [0.2, 0.25) is 0 Å². The maximum absolute atomic E-state index is 13.6. The summed E-state index contributed by atoms with van der Waals surface area (Å²) < 4.78 is 7.67. The summed E-state index contributed by atoms with van der Waals surface area (Å²) in [4.78, 5) is 30.5. The normalized spacial score (nSPS) is 20.2. The van der Waals surface area contributed by atoms with Crippen molar-refractivity contribution in [1.29, 1.82) is 0 Å². The Morgan fingerprint density at radius 3 is 2.61 bits per heavy atom. The molecule has 2 saturated heterocycles. The third kappa shape index (κ3) is 4.67. The molecule has 2 aromatic heterocycles. The van der Waals surface area contributed by atoms with Crippen LogP contribution in [0.1, 0.15) is 24.2 Å². The summed E-state index contributed by atoms with van der Waals surface area (Å²) >= 11 is 0. The van der Waals surface area contributed by atoms with E-state index in [4.69, 9.17) is 4.74 Å². The molecule has 1 unspecified atom stereocenters. The van der Waals surface area contributed by atoms with Crippen LogP contribution in [0, 0.1) is 11.3 Å². The number of benzene rings is 1. The summed E-state index contributed by atoms with van der Waals surface area (Å²) in [6.45, 7) is 4.40. The van der Waals surface area contributed by atoms with E-state index in [1.165, 1.54) is 5.56 Å². The van der Waals surface area contributed by atoms with Gasteiger partial charge in [-0.1, -0.05) is 12.1 Å². The van der Waals surface area contributed by atoms with E-state index in [-0.39, 0.29) is 17.2 Å². The minimum absolute atomic E-state index is 0.0299. The predicted octanol–water partition coefficient (Wildman–Crippen LogP) is 2.55. The quantitative estimate of drug-likeness (QED) is 0.579. The summed E-state index contributed by atoms with van der Waals surface area (Å²) in [5, 5.41) is 0. The number of nitrogens with zero attached hydrogens (tertiary/aromatic N) is 6. The van der Waals surface area contributed by atoms with Gasteiger partial charge >= 0.3 is 0 Å². The maximum Gasteiger partial charge on any atom is 0.227 e. The highest BCUT2D eigenvalue weighted by Crippen LogP contribution is 2.45. The van der Waals surface area contributed by atoms with Gasteiger partial charge in [-0.05, 0) is 36.6 Å². The molecule has 5 rings (SSSR count). The maximum atomic E-state index is 13.6. The van der Waals surface area contributed by atoms with E-state index in [9.17, 15) is 4.79 Å². The van der Waals surface area contributed by atoms with E-state index < -0.39 is 0 Å². The van der Waals surface area contributed by atoms with Crippen molar-refractivity contribution in [2.75, 3.05) is 33.4 Å². The molecule has 172 valence electrons. The van der Waals surface area contributed by atoms with Crippen LogP contribution in [0.4, 0.5) is 0 Å². The standard InChI is InChI=1S/C25H30N6O2/c1-29(17-23-27-9-2-10-28-23)24(32)22-16-30(18-25(22)7-13-33-14-8-25)15-20-3-5-21(6-4-20)31-12-11-26-19-31/h2-6,9-12,19,22H,7-8,13-18H2,1H3. The fourth-order valence-corrected chi connectivity index (χ4v) is 5.23. The summed E-state index contributed by atoms with van der Waals surface area (Å²) in [7, 11) is 1.86. The van der Waals surface area contributed by atoms with Gasteiger partial charge in [0, 0.05) is 75.8 Å². The molecule has 2 fully saturated rings. The molecule has 0 aliphatic carbocycles. The molecule has 0 radical (unpaired) electrons. The molecule has 1 atom stereocenters. The molecular weight excluding hydrogens is 416 g/mol. The Hall–Kier alpha value is -3.10. The van der Waals surface area contributed by atoms with Crippen molar-refractivity contribution in [2.45, 2.75) is 25.9 Å². The van der Waals surface area contributed by atoms with Gasteiger partial charge in [-0.3, -0.25) is 9.69 Å². The molecule has 3 aromatic rings. The van der Waals surface area contributed by atoms with Gasteiger partial charge in [-0.15, -0.1) is 0 Å². The molecule has 2 aliphatic rings. The van der Waals surface area contributed by atoms with Gasteiger partial charge in [-0.2, -0.15) is 0 Å². The van der Waals surface area contributed by atoms with Crippen molar-refractivity contribution in [3.05, 3.63) is 72.8 Å². The largest absolute Gasteiger partial charge is 0.381 e. The minimum atomic E-state index is -0.0414. The molecule has 0 N–H and O–H groups in total. The van der Waals surface area contributed by atoms with Crippen molar-refractivity contribution < 1.29 is 9.53 Å². The summed E-state index contributed by atoms with van der Waals surface area (Å²) in [5.74, 6) is 0.810. The lowest BCUT2D eigenvalue weighted by atomic mass is 9.71. The van der Waals surface area contributed by atoms with E-state index in [1.54, 1.807) is 35.9 Å². The molecule has 2 aliphatic heterocycles. The molecule has 0 bridgehead atoms. The lowest BCUT2D eigenvalue weighted by molar-refractivity contribution is -0.140. The Balaban J connectivity index is 1.29. The zero-order valence-electron chi connectivity index (χ0n) is 19.0. The van der Waals surface area contributed by atoms with Crippen LogP contribution < -0.4 is 0 Å². The Bertz CT molecular complexity index is 1050. The highest BCUT2D eigenvalue weighted by atomic mass is 16.5. The van der Waals surface area contributed by atoms with Crippen LogP contribution in [-0.2, 0) is 22.6 Å². The minimum Gasteiger partial charge on any atom is -0.381 e. The molecule has 8 nitrogen and oxygen atoms in total. The highest BCUT2D eigenvalue weighted by molar-refractivity contribution is 5.80. The van der Waals surface area contributed by atoms with Gasteiger partial charge in [0.05, 0.1) is 18.8 Å². The smallest absolute Gasteiger partial charge is 0.227 e. The number of ether oxygens (including phenoxy) is 1. The first-order valence-electron chi connectivity index (χ1n) is 11.5. The van der Waals surface area contributed by atoms with Gasteiger partial charge in [-0.25, -0.2) is 15.0 Å². The summed E-state index contributed by atoms with van der Waals surface area (Å²) in [5.41, 5.74) is 2.31. The molecule has 1 amide bonds. The van der Waals surface area contributed by atoms with Gasteiger partial charge in [0.2, 0.25) is 5.91 Å². The van der Waals surface area contributed by atoms with Crippen molar-refractivity contribution in [2.24, 2.45) is 11.3 Å². The molecule has 1 aromatic carbocycles. The van der Waals surface area contributed by atoms with E-state index in [2.05, 4.69) is 44.1 Å². The SMILES string of the molecule is CN(Cc1ncccn1)C(=O)C1CN(Cc2ccc(-n3ccnc3)cc2)CC12CCOCC2. The van der Waals surface area contributed by atoms with Gasteiger partial charge in [0.15, 0.2) is 0 Å². The Kier molecular flexibility index (Phi) is 6.20. The lowest BCUT2D eigenvalue weighted by Crippen LogP contribution is -2.45. The Morgan fingerprint density at radius 2 is 1.91 bits per heavy atom. The number of hydrogen-bond donors (Lipinski definition) is 0. The molecular formula is C25H30N6O2.